The summed E-state index contributed by atoms with van der Waals surface area (Å²) in [5, 5.41) is 4.72. The van der Waals surface area contributed by atoms with Gasteiger partial charge in [-0.3, -0.25) is 0 Å². The number of fused-ring (bicyclic) bond motifs is 1. The number of aromatic amines is 1. The number of hydrogen-bond acceptors (Lipinski definition) is 3. The fourth-order valence-corrected chi connectivity index (χ4v) is 1.43. The van der Waals surface area contributed by atoms with Crippen molar-refractivity contribution in [1.82, 2.24) is 15.1 Å². The van der Waals surface area contributed by atoms with Crippen molar-refractivity contribution in [2.24, 2.45) is 0 Å². The molecule has 0 bridgehead atoms. The normalized spacial score (nSPS) is 10.9. The first-order valence-corrected chi connectivity index (χ1v) is 4.28. The highest BCUT2D eigenvalue weighted by Gasteiger charge is 2.03. The predicted molar refractivity (Wildman–Crippen MR) is 51.6 cm³/mol. The van der Waals surface area contributed by atoms with Crippen molar-refractivity contribution in [3.05, 3.63) is 36.8 Å². The van der Waals surface area contributed by atoms with Gasteiger partial charge in [-0.2, -0.15) is 0 Å². The number of rotatable bonds is 1. The summed E-state index contributed by atoms with van der Waals surface area (Å²) in [7, 11) is 0. The van der Waals surface area contributed by atoms with E-state index < -0.39 is 0 Å². The average molecular weight is 185 g/mol. The quantitative estimate of drug-likeness (QED) is 0.632. The Hall–Kier alpha value is -2.10. The van der Waals surface area contributed by atoms with Crippen LogP contribution in [-0.4, -0.2) is 15.1 Å². The van der Waals surface area contributed by atoms with Crippen LogP contribution in [-0.2, 0) is 0 Å². The van der Waals surface area contributed by atoms with Gasteiger partial charge in [0, 0.05) is 23.3 Å². The molecule has 4 nitrogen and oxygen atoms in total. The average Bonchev–Trinajstić information content (AvgIpc) is 2.88. The van der Waals surface area contributed by atoms with Crippen LogP contribution in [0.1, 0.15) is 0 Å². The first-order chi connectivity index (χ1) is 6.93. The Balaban J connectivity index is 2.23. The number of nitrogens with zero attached hydrogens (tertiary/aromatic N) is 2. The summed E-state index contributed by atoms with van der Waals surface area (Å²) in [6.07, 6.45) is 5.21. The number of imidazole rings is 1. The maximum Gasteiger partial charge on any atom is 0.167 e. The lowest BCUT2D eigenvalue weighted by Crippen LogP contribution is -1.78. The van der Waals surface area contributed by atoms with Gasteiger partial charge in [-0.05, 0) is 12.1 Å². The van der Waals surface area contributed by atoms with Gasteiger partial charge in [-0.15, -0.1) is 0 Å². The zero-order chi connectivity index (χ0) is 9.38. The summed E-state index contributed by atoms with van der Waals surface area (Å²) in [6, 6.07) is 5.86. The molecule has 0 saturated heterocycles. The van der Waals surface area contributed by atoms with E-state index in [-0.39, 0.29) is 0 Å². The number of benzene rings is 1. The van der Waals surface area contributed by atoms with Crippen LogP contribution in [0.3, 0.4) is 0 Å². The van der Waals surface area contributed by atoms with Gasteiger partial charge >= 0.3 is 0 Å². The van der Waals surface area contributed by atoms with Crippen LogP contribution in [0.15, 0.2) is 41.3 Å². The molecular formula is C10H7N3O. The Morgan fingerprint density at radius 1 is 1.29 bits per heavy atom. The molecule has 0 spiro atoms. The zero-order valence-corrected chi connectivity index (χ0v) is 7.27. The van der Waals surface area contributed by atoms with Gasteiger partial charge in [-0.1, -0.05) is 11.2 Å². The molecule has 68 valence electrons. The summed E-state index contributed by atoms with van der Waals surface area (Å²) in [4.78, 5) is 7.20. The van der Waals surface area contributed by atoms with Gasteiger partial charge in [0.25, 0.3) is 0 Å². The summed E-state index contributed by atoms with van der Waals surface area (Å²) < 4.78 is 5.06. The number of hydrogen-bond donors (Lipinski definition) is 1. The summed E-state index contributed by atoms with van der Waals surface area (Å²) in [5.74, 6) is 0.836. The molecule has 0 unspecified atom stereocenters. The number of H-pyrrole nitrogens is 1. The van der Waals surface area contributed by atoms with Crippen LogP contribution in [0.4, 0.5) is 0 Å². The minimum absolute atomic E-state index is 0.777. The fourth-order valence-electron chi connectivity index (χ4n) is 1.43. The molecule has 2 heterocycles. The van der Waals surface area contributed by atoms with Crippen molar-refractivity contribution < 1.29 is 4.52 Å². The summed E-state index contributed by atoms with van der Waals surface area (Å²) in [6.45, 7) is 0. The minimum atomic E-state index is 0.777. The second kappa shape index (κ2) is 2.70. The maximum atomic E-state index is 5.06. The second-order valence-electron chi connectivity index (χ2n) is 3.02. The molecule has 3 aromatic rings. The van der Waals surface area contributed by atoms with E-state index in [9.17, 15) is 0 Å². The maximum absolute atomic E-state index is 5.06. The molecule has 0 atom stereocenters. The molecule has 14 heavy (non-hydrogen) atoms. The van der Waals surface area contributed by atoms with E-state index in [1.165, 1.54) is 0 Å². The van der Waals surface area contributed by atoms with Gasteiger partial charge in [-0.25, -0.2) is 4.98 Å². The van der Waals surface area contributed by atoms with Crippen molar-refractivity contribution in [2.45, 2.75) is 0 Å². The minimum Gasteiger partial charge on any atom is -0.356 e. The lowest BCUT2D eigenvalue weighted by atomic mass is 10.2. The van der Waals surface area contributed by atoms with Crippen LogP contribution in [0, 0.1) is 0 Å². The van der Waals surface area contributed by atoms with Gasteiger partial charge in [0.2, 0.25) is 0 Å². The lowest BCUT2D eigenvalue weighted by Gasteiger charge is -1.94. The van der Waals surface area contributed by atoms with Crippen LogP contribution < -0.4 is 0 Å². The van der Waals surface area contributed by atoms with Crippen molar-refractivity contribution >= 4 is 11.0 Å². The molecule has 0 aliphatic rings. The smallest absolute Gasteiger partial charge is 0.167 e. The largest absolute Gasteiger partial charge is 0.356 e. The molecule has 0 fully saturated rings. The van der Waals surface area contributed by atoms with E-state index in [1.807, 2.05) is 18.2 Å². The van der Waals surface area contributed by atoms with E-state index in [1.54, 1.807) is 18.6 Å². The van der Waals surface area contributed by atoms with E-state index in [4.69, 9.17) is 4.52 Å². The summed E-state index contributed by atoms with van der Waals surface area (Å²) in [5.41, 5.74) is 1.78. The highest BCUT2D eigenvalue weighted by atomic mass is 16.5. The van der Waals surface area contributed by atoms with Crippen LogP contribution in [0.2, 0.25) is 0 Å². The Morgan fingerprint density at radius 2 is 2.29 bits per heavy atom. The molecule has 0 amide bonds. The third-order valence-corrected chi connectivity index (χ3v) is 2.13. The van der Waals surface area contributed by atoms with E-state index in [0.717, 1.165) is 22.4 Å². The Labute approximate surface area is 79.6 Å². The molecule has 1 N–H and O–H groups in total. The highest BCUT2D eigenvalue weighted by Crippen LogP contribution is 2.21. The molecule has 2 aromatic heterocycles. The molecule has 0 radical (unpaired) electrons. The number of nitrogens with one attached hydrogen (secondary N) is 1. The van der Waals surface area contributed by atoms with Crippen LogP contribution in [0.25, 0.3) is 22.4 Å². The van der Waals surface area contributed by atoms with Crippen molar-refractivity contribution in [1.29, 1.82) is 0 Å². The molecule has 4 heteroatoms. The molecule has 0 saturated carbocycles. The Morgan fingerprint density at radius 3 is 3.14 bits per heavy atom. The predicted octanol–water partition coefficient (Wildman–Crippen LogP) is 2.22. The van der Waals surface area contributed by atoms with Crippen LogP contribution >= 0.6 is 0 Å². The monoisotopic (exact) mass is 185 g/mol. The molecule has 1 aromatic carbocycles. The topological polar surface area (TPSA) is 54.7 Å². The van der Waals surface area contributed by atoms with Gasteiger partial charge in [0.1, 0.15) is 5.82 Å². The first kappa shape index (κ1) is 7.32. The highest BCUT2D eigenvalue weighted by molar-refractivity contribution is 5.80. The summed E-state index contributed by atoms with van der Waals surface area (Å²) >= 11 is 0. The van der Waals surface area contributed by atoms with Gasteiger partial charge < -0.3 is 9.51 Å². The Kier molecular flexibility index (Phi) is 1.41. The molecular weight excluding hydrogens is 178 g/mol. The van der Waals surface area contributed by atoms with Crippen molar-refractivity contribution in [3.63, 3.8) is 0 Å². The number of aromatic nitrogens is 3. The Bertz CT molecular complexity index is 554. The lowest BCUT2D eigenvalue weighted by molar-refractivity contribution is 0.456. The van der Waals surface area contributed by atoms with Gasteiger partial charge in [0.05, 0.1) is 6.20 Å². The first-order valence-electron chi connectivity index (χ1n) is 4.28. The fraction of sp³-hybridized carbons (Fsp3) is 0. The zero-order valence-electron chi connectivity index (χ0n) is 7.27. The third kappa shape index (κ3) is 1.01. The second-order valence-corrected chi connectivity index (χ2v) is 3.02. The molecule has 0 aliphatic heterocycles. The molecule has 3 rings (SSSR count). The molecule has 0 aliphatic carbocycles. The van der Waals surface area contributed by atoms with Crippen molar-refractivity contribution in [3.8, 4) is 11.4 Å². The van der Waals surface area contributed by atoms with Crippen molar-refractivity contribution in [2.75, 3.05) is 0 Å². The SMILES string of the molecule is c1c[nH]c(-c2ccc3cnoc3c2)n1. The van der Waals surface area contributed by atoms with Gasteiger partial charge in [0.15, 0.2) is 5.58 Å². The standard InChI is InChI=1S/C10H7N3O/c1-2-8-6-13-14-9(8)5-7(1)10-11-3-4-12-10/h1-6H,(H,11,12). The van der Waals surface area contributed by atoms with E-state index >= 15 is 0 Å². The van der Waals surface area contributed by atoms with E-state index in [2.05, 4.69) is 15.1 Å². The van der Waals surface area contributed by atoms with Crippen LogP contribution in [0.5, 0.6) is 0 Å². The van der Waals surface area contributed by atoms with E-state index in [0.29, 0.717) is 0 Å². The third-order valence-electron chi connectivity index (χ3n) is 2.13.